The first kappa shape index (κ1) is 15.1. The highest BCUT2D eigenvalue weighted by molar-refractivity contribution is 9.10. The van der Waals surface area contributed by atoms with Crippen molar-refractivity contribution in [2.75, 3.05) is 13.1 Å². The maximum absolute atomic E-state index is 12.4. The van der Waals surface area contributed by atoms with Crippen LogP contribution in [0.15, 0.2) is 41.1 Å². The number of carbonyl (C=O) groups is 1. The number of piperidine rings is 1. The molecule has 5 nitrogen and oxygen atoms in total. The van der Waals surface area contributed by atoms with E-state index in [-0.39, 0.29) is 11.9 Å². The number of carbonyl (C=O) groups excluding carboxylic acids is 1. The standard InChI is InChI=1S/C16H17BrN4O/c17-13-4-2-1-3-12(13)14-9-20-15(10-19-14)16(22)21-7-5-11(18)6-8-21/h1-4,9-11H,5-8,18H2. The number of benzene rings is 1. The Balaban J connectivity index is 1.77. The summed E-state index contributed by atoms with van der Waals surface area (Å²) in [6, 6.07) is 8.00. The van der Waals surface area contributed by atoms with E-state index in [0.29, 0.717) is 18.8 Å². The molecule has 2 aromatic rings. The molecule has 1 aromatic heterocycles. The van der Waals surface area contributed by atoms with E-state index >= 15 is 0 Å². The van der Waals surface area contributed by atoms with Crippen molar-refractivity contribution in [2.24, 2.45) is 5.73 Å². The lowest BCUT2D eigenvalue weighted by Gasteiger charge is -2.29. The maximum Gasteiger partial charge on any atom is 0.274 e. The molecule has 1 aliphatic heterocycles. The third-order valence-electron chi connectivity index (χ3n) is 3.85. The number of amides is 1. The monoisotopic (exact) mass is 360 g/mol. The molecule has 0 unspecified atom stereocenters. The van der Waals surface area contributed by atoms with Gasteiger partial charge in [0.1, 0.15) is 5.69 Å². The highest BCUT2D eigenvalue weighted by Gasteiger charge is 2.22. The van der Waals surface area contributed by atoms with Gasteiger partial charge in [0.15, 0.2) is 0 Å². The minimum Gasteiger partial charge on any atom is -0.337 e. The van der Waals surface area contributed by atoms with Gasteiger partial charge >= 0.3 is 0 Å². The smallest absolute Gasteiger partial charge is 0.274 e. The van der Waals surface area contributed by atoms with E-state index < -0.39 is 0 Å². The third-order valence-corrected chi connectivity index (χ3v) is 4.54. The number of rotatable bonds is 2. The van der Waals surface area contributed by atoms with Gasteiger partial charge in [0, 0.05) is 29.2 Å². The van der Waals surface area contributed by atoms with Crippen molar-refractivity contribution in [3.8, 4) is 11.3 Å². The van der Waals surface area contributed by atoms with Crippen LogP contribution in [0.4, 0.5) is 0 Å². The Morgan fingerprint density at radius 3 is 2.55 bits per heavy atom. The van der Waals surface area contributed by atoms with E-state index in [2.05, 4.69) is 25.9 Å². The fourth-order valence-corrected chi connectivity index (χ4v) is 3.00. The summed E-state index contributed by atoms with van der Waals surface area (Å²) in [7, 11) is 0. The molecule has 0 atom stereocenters. The van der Waals surface area contributed by atoms with Gasteiger partial charge in [0.05, 0.1) is 18.1 Å². The maximum atomic E-state index is 12.4. The number of likely N-dealkylation sites (tertiary alicyclic amines) is 1. The quantitative estimate of drug-likeness (QED) is 0.892. The molecule has 0 aliphatic carbocycles. The van der Waals surface area contributed by atoms with Gasteiger partial charge < -0.3 is 10.6 Å². The summed E-state index contributed by atoms with van der Waals surface area (Å²) >= 11 is 3.49. The third kappa shape index (κ3) is 3.18. The second-order valence-electron chi connectivity index (χ2n) is 5.40. The van der Waals surface area contributed by atoms with Crippen LogP contribution in [0.2, 0.25) is 0 Å². The molecular weight excluding hydrogens is 344 g/mol. The summed E-state index contributed by atoms with van der Waals surface area (Å²) in [5.74, 6) is -0.0712. The van der Waals surface area contributed by atoms with Crippen molar-refractivity contribution in [1.82, 2.24) is 14.9 Å². The number of halogens is 1. The molecule has 1 saturated heterocycles. The minimum absolute atomic E-state index is 0.0712. The first-order valence-electron chi connectivity index (χ1n) is 7.27. The average Bonchev–Trinajstić information content (AvgIpc) is 2.56. The Bertz CT molecular complexity index is 666. The van der Waals surface area contributed by atoms with Gasteiger partial charge in [-0.1, -0.05) is 34.1 Å². The van der Waals surface area contributed by atoms with Crippen LogP contribution >= 0.6 is 15.9 Å². The first-order valence-corrected chi connectivity index (χ1v) is 8.06. The van der Waals surface area contributed by atoms with Crippen molar-refractivity contribution in [3.05, 3.63) is 46.8 Å². The number of hydrogen-bond donors (Lipinski definition) is 1. The van der Waals surface area contributed by atoms with Crippen molar-refractivity contribution < 1.29 is 4.79 Å². The summed E-state index contributed by atoms with van der Waals surface area (Å²) in [5.41, 5.74) is 7.94. The number of nitrogens with zero attached hydrogens (tertiary/aromatic N) is 3. The van der Waals surface area contributed by atoms with Gasteiger partial charge in [-0.25, -0.2) is 4.98 Å². The molecule has 1 amide bonds. The van der Waals surface area contributed by atoms with Crippen molar-refractivity contribution in [2.45, 2.75) is 18.9 Å². The first-order chi connectivity index (χ1) is 10.6. The van der Waals surface area contributed by atoms with Crippen molar-refractivity contribution >= 4 is 21.8 Å². The second kappa shape index (κ2) is 6.54. The highest BCUT2D eigenvalue weighted by atomic mass is 79.9. The molecule has 2 N–H and O–H groups in total. The van der Waals surface area contributed by atoms with Gasteiger partial charge in [0.2, 0.25) is 0 Å². The summed E-state index contributed by atoms with van der Waals surface area (Å²) < 4.78 is 0.952. The average molecular weight is 361 g/mol. The fourth-order valence-electron chi connectivity index (χ4n) is 2.51. The molecule has 1 fully saturated rings. The minimum atomic E-state index is -0.0712. The van der Waals surface area contributed by atoms with E-state index in [1.807, 2.05) is 24.3 Å². The fraction of sp³-hybridized carbons (Fsp3) is 0.312. The largest absolute Gasteiger partial charge is 0.337 e. The Hall–Kier alpha value is -1.79. The molecule has 2 heterocycles. The van der Waals surface area contributed by atoms with E-state index in [9.17, 15) is 4.79 Å². The molecule has 1 aliphatic rings. The van der Waals surface area contributed by atoms with Gasteiger partial charge in [-0.2, -0.15) is 0 Å². The van der Waals surface area contributed by atoms with Crippen molar-refractivity contribution in [1.29, 1.82) is 0 Å². The van der Waals surface area contributed by atoms with Crippen LogP contribution in [0, 0.1) is 0 Å². The lowest BCUT2D eigenvalue weighted by molar-refractivity contribution is 0.0708. The molecule has 0 bridgehead atoms. The summed E-state index contributed by atoms with van der Waals surface area (Å²) in [4.78, 5) is 22.9. The van der Waals surface area contributed by atoms with Gasteiger partial charge in [-0.3, -0.25) is 9.78 Å². The topological polar surface area (TPSA) is 72.1 Å². The summed E-state index contributed by atoms with van der Waals surface area (Å²) in [6.45, 7) is 1.38. The second-order valence-corrected chi connectivity index (χ2v) is 6.25. The predicted octanol–water partition coefficient (Wildman–Crippen LogP) is 2.47. The van der Waals surface area contributed by atoms with Crippen LogP contribution in [-0.4, -0.2) is 39.9 Å². The Kier molecular flexibility index (Phi) is 4.49. The van der Waals surface area contributed by atoms with Crippen LogP contribution in [0.25, 0.3) is 11.3 Å². The predicted molar refractivity (Wildman–Crippen MR) is 88.3 cm³/mol. The zero-order chi connectivity index (χ0) is 15.5. The van der Waals surface area contributed by atoms with Gasteiger partial charge in [0.25, 0.3) is 5.91 Å². The summed E-state index contributed by atoms with van der Waals surface area (Å²) in [6.07, 6.45) is 4.87. The van der Waals surface area contributed by atoms with Crippen LogP contribution in [-0.2, 0) is 0 Å². The molecule has 0 saturated carbocycles. The molecule has 1 aromatic carbocycles. The van der Waals surface area contributed by atoms with E-state index in [1.54, 1.807) is 17.3 Å². The van der Waals surface area contributed by atoms with Crippen molar-refractivity contribution in [3.63, 3.8) is 0 Å². The molecule has 0 radical (unpaired) electrons. The number of hydrogen-bond acceptors (Lipinski definition) is 4. The molecule has 114 valence electrons. The molecule has 0 spiro atoms. The van der Waals surface area contributed by atoms with Crippen LogP contribution in [0.1, 0.15) is 23.3 Å². The van der Waals surface area contributed by atoms with E-state index in [0.717, 1.165) is 28.6 Å². The van der Waals surface area contributed by atoms with Crippen LogP contribution in [0.3, 0.4) is 0 Å². The molecule has 6 heteroatoms. The molecular formula is C16H17BrN4O. The lowest BCUT2D eigenvalue weighted by atomic mass is 10.1. The summed E-state index contributed by atoms with van der Waals surface area (Å²) in [5, 5.41) is 0. The highest BCUT2D eigenvalue weighted by Crippen LogP contribution is 2.25. The lowest BCUT2D eigenvalue weighted by Crippen LogP contribution is -2.43. The van der Waals surface area contributed by atoms with E-state index in [4.69, 9.17) is 5.73 Å². The zero-order valence-corrected chi connectivity index (χ0v) is 13.7. The zero-order valence-electron chi connectivity index (χ0n) is 12.1. The van der Waals surface area contributed by atoms with E-state index in [1.165, 1.54) is 0 Å². The van der Waals surface area contributed by atoms with Crippen LogP contribution < -0.4 is 5.73 Å². The Morgan fingerprint density at radius 1 is 1.18 bits per heavy atom. The van der Waals surface area contributed by atoms with Crippen LogP contribution in [0.5, 0.6) is 0 Å². The normalized spacial score (nSPS) is 15.8. The Morgan fingerprint density at radius 2 is 1.91 bits per heavy atom. The molecule has 22 heavy (non-hydrogen) atoms. The number of aromatic nitrogens is 2. The van der Waals surface area contributed by atoms with Gasteiger partial charge in [-0.05, 0) is 18.9 Å². The molecule has 3 rings (SSSR count). The SMILES string of the molecule is NC1CCN(C(=O)c2cnc(-c3ccccc3Br)cn2)CC1. The van der Waals surface area contributed by atoms with Gasteiger partial charge in [-0.15, -0.1) is 0 Å². The Labute approximate surface area is 137 Å². The number of nitrogens with two attached hydrogens (primary N) is 1.